The highest BCUT2D eigenvalue weighted by Crippen LogP contribution is 2.14. The van der Waals surface area contributed by atoms with Gasteiger partial charge in [-0.3, -0.25) is 14.4 Å². The minimum atomic E-state index is -0.803. The van der Waals surface area contributed by atoms with E-state index in [0.29, 0.717) is 19.3 Å². The first-order valence-electron chi connectivity index (χ1n) is 29.7. The van der Waals surface area contributed by atoms with Gasteiger partial charge in [-0.15, -0.1) is 0 Å². The van der Waals surface area contributed by atoms with Crippen LogP contribution in [0.1, 0.15) is 278 Å². The van der Waals surface area contributed by atoms with Crippen LogP contribution >= 0.6 is 0 Å². The molecule has 0 aromatic heterocycles. The summed E-state index contributed by atoms with van der Waals surface area (Å²) in [7, 11) is 0. The van der Waals surface area contributed by atoms with Crippen LogP contribution in [0.4, 0.5) is 0 Å². The fourth-order valence-corrected chi connectivity index (χ4v) is 8.01. The summed E-state index contributed by atoms with van der Waals surface area (Å²) in [5, 5.41) is 0. The summed E-state index contributed by atoms with van der Waals surface area (Å²) in [4.78, 5) is 38.2. The number of rotatable bonds is 53. The molecule has 0 aliphatic heterocycles. The maximum absolute atomic E-state index is 12.9. The maximum Gasteiger partial charge on any atom is 0.306 e. The second kappa shape index (κ2) is 58.9. The molecule has 0 radical (unpaired) electrons. The van der Waals surface area contributed by atoms with E-state index in [1.807, 2.05) is 0 Å². The van der Waals surface area contributed by atoms with E-state index >= 15 is 0 Å². The number of hydrogen-bond acceptors (Lipinski definition) is 6. The normalized spacial score (nSPS) is 12.8. The molecule has 0 aromatic rings. The quantitative estimate of drug-likeness (QED) is 0.0261. The van der Waals surface area contributed by atoms with Gasteiger partial charge in [0.15, 0.2) is 6.10 Å². The van der Waals surface area contributed by atoms with Crippen LogP contribution in [0.3, 0.4) is 0 Å². The molecule has 6 heteroatoms. The number of esters is 3. The van der Waals surface area contributed by atoms with Crippen molar-refractivity contribution in [3.05, 3.63) is 97.2 Å². The maximum atomic E-state index is 12.9. The molecule has 0 aliphatic carbocycles. The second-order valence-electron chi connectivity index (χ2n) is 19.5. The van der Waals surface area contributed by atoms with Gasteiger partial charge in [0.05, 0.1) is 0 Å². The van der Waals surface area contributed by atoms with E-state index in [4.69, 9.17) is 14.2 Å². The SMILES string of the molecule is CCCCC/C=C\C/C=C\C/C=C\C/C=C\CCCCCC(=O)OC[C@@H](COC(=O)CCCCCCC/C=C\CCCCCCCC)OC(=O)CCCCCCCC/C=C\C/C=C\C/C=C\CCCCC. The predicted molar refractivity (Wildman–Crippen MR) is 307 cm³/mol. The molecule has 0 saturated carbocycles. The Morgan fingerprint density at radius 3 is 0.845 bits per heavy atom. The highest BCUT2D eigenvalue weighted by molar-refractivity contribution is 5.71. The van der Waals surface area contributed by atoms with Crippen LogP contribution in [-0.4, -0.2) is 37.2 Å². The molecular weight excluding hydrogens is 877 g/mol. The van der Waals surface area contributed by atoms with Crippen LogP contribution in [0.2, 0.25) is 0 Å². The van der Waals surface area contributed by atoms with Crippen LogP contribution < -0.4 is 0 Å². The lowest BCUT2D eigenvalue weighted by Crippen LogP contribution is -2.30. The molecule has 0 aliphatic rings. The lowest BCUT2D eigenvalue weighted by atomic mass is 10.1. The van der Waals surface area contributed by atoms with Crippen molar-refractivity contribution in [3.8, 4) is 0 Å². The Morgan fingerprint density at radius 2 is 0.507 bits per heavy atom. The zero-order valence-corrected chi connectivity index (χ0v) is 46.5. The smallest absolute Gasteiger partial charge is 0.306 e. The molecule has 71 heavy (non-hydrogen) atoms. The van der Waals surface area contributed by atoms with Gasteiger partial charge in [0.2, 0.25) is 0 Å². The monoisotopic (exact) mass is 987 g/mol. The molecule has 0 amide bonds. The average molecular weight is 988 g/mol. The van der Waals surface area contributed by atoms with Gasteiger partial charge < -0.3 is 14.2 Å². The standard InChI is InChI=1S/C65H110O6/c1-4-7-10-13-16-19-22-25-28-30-32-34-37-40-43-46-49-52-55-58-64(67)70-61-62(60-69-63(66)57-54-51-48-45-42-39-36-27-24-21-18-15-12-9-6-3)71-65(68)59-56-53-50-47-44-41-38-35-33-31-29-26-23-20-17-14-11-8-5-2/h16-17,19-20,25-29,32-36,40,43,62H,4-15,18,21-24,30-31,37-39,41-42,44-61H2,1-3H3/b19-16-,20-17-,28-25-,29-26-,34-32-,35-33-,36-27-,43-40-/t62-/m1/s1. The molecule has 0 aromatic carbocycles. The van der Waals surface area contributed by atoms with Gasteiger partial charge in [0.1, 0.15) is 13.2 Å². The fraction of sp³-hybridized carbons (Fsp3) is 0.708. The van der Waals surface area contributed by atoms with E-state index in [1.165, 1.54) is 122 Å². The Bertz CT molecular complexity index is 1410. The highest BCUT2D eigenvalue weighted by atomic mass is 16.6. The summed E-state index contributed by atoms with van der Waals surface area (Å²) in [6, 6.07) is 0. The molecule has 6 nitrogen and oxygen atoms in total. The number of carbonyl (C=O) groups excluding carboxylic acids is 3. The van der Waals surface area contributed by atoms with Crippen LogP contribution in [-0.2, 0) is 28.6 Å². The van der Waals surface area contributed by atoms with Crippen molar-refractivity contribution in [3.63, 3.8) is 0 Å². The van der Waals surface area contributed by atoms with Gasteiger partial charge in [-0.1, -0.05) is 227 Å². The lowest BCUT2D eigenvalue weighted by Gasteiger charge is -2.18. The zero-order chi connectivity index (χ0) is 51.4. The largest absolute Gasteiger partial charge is 0.462 e. The van der Waals surface area contributed by atoms with Crippen molar-refractivity contribution in [2.45, 2.75) is 284 Å². The Hall–Kier alpha value is -3.67. The van der Waals surface area contributed by atoms with E-state index in [0.717, 1.165) is 116 Å². The third-order valence-electron chi connectivity index (χ3n) is 12.5. The molecule has 0 saturated heterocycles. The fourth-order valence-electron chi connectivity index (χ4n) is 8.01. The van der Waals surface area contributed by atoms with E-state index < -0.39 is 6.10 Å². The van der Waals surface area contributed by atoms with Crippen molar-refractivity contribution in [1.29, 1.82) is 0 Å². The van der Waals surface area contributed by atoms with Crippen molar-refractivity contribution in [1.82, 2.24) is 0 Å². The number of hydrogen-bond donors (Lipinski definition) is 0. The Labute approximate surface area is 438 Å². The summed E-state index contributed by atoms with van der Waals surface area (Å²) in [5.74, 6) is -0.946. The molecule has 0 bridgehead atoms. The van der Waals surface area contributed by atoms with Gasteiger partial charge in [-0.25, -0.2) is 0 Å². The number of allylic oxidation sites excluding steroid dienone is 16. The molecule has 0 N–H and O–H groups in total. The highest BCUT2D eigenvalue weighted by Gasteiger charge is 2.19. The lowest BCUT2D eigenvalue weighted by molar-refractivity contribution is -0.167. The molecule has 0 rings (SSSR count). The first-order valence-corrected chi connectivity index (χ1v) is 29.7. The number of ether oxygens (including phenoxy) is 3. The number of carbonyl (C=O) groups is 3. The van der Waals surface area contributed by atoms with Gasteiger partial charge >= 0.3 is 17.9 Å². The Balaban J connectivity index is 4.49. The topological polar surface area (TPSA) is 78.9 Å². The van der Waals surface area contributed by atoms with Crippen molar-refractivity contribution >= 4 is 17.9 Å². The van der Waals surface area contributed by atoms with Crippen LogP contribution in [0.25, 0.3) is 0 Å². The first kappa shape index (κ1) is 67.3. The van der Waals surface area contributed by atoms with Crippen LogP contribution in [0.15, 0.2) is 97.2 Å². The average Bonchev–Trinajstić information content (AvgIpc) is 3.37. The van der Waals surface area contributed by atoms with E-state index in [-0.39, 0.29) is 31.1 Å². The third kappa shape index (κ3) is 57.1. The minimum Gasteiger partial charge on any atom is -0.462 e. The van der Waals surface area contributed by atoms with Crippen molar-refractivity contribution in [2.24, 2.45) is 0 Å². The van der Waals surface area contributed by atoms with E-state index in [2.05, 4.69) is 118 Å². The Morgan fingerprint density at radius 1 is 0.282 bits per heavy atom. The van der Waals surface area contributed by atoms with Gasteiger partial charge in [-0.2, -0.15) is 0 Å². The summed E-state index contributed by atoms with van der Waals surface area (Å²) in [5.41, 5.74) is 0. The van der Waals surface area contributed by atoms with Crippen LogP contribution in [0, 0.1) is 0 Å². The molecular formula is C65H110O6. The van der Waals surface area contributed by atoms with E-state index in [1.54, 1.807) is 0 Å². The summed E-state index contributed by atoms with van der Waals surface area (Å²) in [6.45, 7) is 6.54. The van der Waals surface area contributed by atoms with Gasteiger partial charge in [-0.05, 0) is 128 Å². The van der Waals surface area contributed by atoms with Crippen molar-refractivity contribution < 1.29 is 28.6 Å². The molecule has 0 unspecified atom stereocenters. The summed E-state index contributed by atoms with van der Waals surface area (Å²) in [6.07, 6.45) is 78.2. The van der Waals surface area contributed by atoms with Crippen LogP contribution in [0.5, 0.6) is 0 Å². The van der Waals surface area contributed by atoms with Gasteiger partial charge in [0.25, 0.3) is 0 Å². The molecule has 0 spiro atoms. The summed E-state index contributed by atoms with van der Waals surface area (Å²) >= 11 is 0. The minimum absolute atomic E-state index is 0.0979. The molecule has 1 atom stereocenters. The van der Waals surface area contributed by atoms with Crippen molar-refractivity contribution in [2.75, 3.05) is 13.2 Å². The third-order valence-corrected chi connectivity index (χ3v) is 12.5. The van der Waals surface area contributed by atoms with Gasteiger partial charge in [0, 0.05) is 19.3 Å². The number of unbranched alkanes of at least 4 members (excludes halogenated alkanes) is 26. The summed E-state index contributed by atoms with van der Waals surface area (Å²) < 4.78 is 16.9. The molecule has 0 heterocycles. The first-order chi connectivity index (χ1) is 35.0. The second-order valence-corrected chi connectivity index (χ2v) is 19.5. The van der Waals surface area contributed by atoms with E-state index in [9.17, 15) is 14.4 Å². The molecule has 406 valence electrons. The molecule has 0 fully saturated rings. The zero-order valence-electron chi connectivity index (χ0n) is 46.5. The predicted octanol–water partition coefficient (Wildman–Crippen LogP) is 20.1. The Kier molecular flexibility index (Phi) is 55.9.